The molecular weight excluding hydrogens is 472 g/mol. The molecule has 0 aliphatic heterocycles. The Morgan fingerprint density at radius 2 is 1.62 bits per heavy atom. The first-order chi connectivity index (χ1) is 13.8. The lowest BCUT2D eigenvalue weighted by atomic mass is 10.1. The van der Waals surface area contributed by atoms with Gasteiger partial charge in [-0.1, -0.05) is 51.8 Å². The summed E-state index contributed by atoms with van der Waals surface area (Å²) in [7, 11) is 0. The minimum absolute atomic E-state index is 0.0178. The number of carbonyl (C=O) groups excluding carboxylic acids is 2. The third-order valence-electron chi connectivity index (χ3n) is 4.27. The summed E-state index contributed by atoms with van der Waals surface area (Å²) in [5.41, 5.74) is 2.09. The van der Waals surface area contributed by atoms with Gasteiger partial charge in [-0.2, -0.15) is 0 Å². The van der Waals surface area contributed by atoms with Crippen molar-refractivity contribution < 1.29 is 9.59 Å². The smallest absolute Gasteiger partial charge is 0.242 e. The Morgan fingerprint density at radius 3 is 2.21 bits per heavy atom. The number of hydrogen-bond donors (Lipinski definition) is 1. The van der Waals surface area contributed by atoms with E-state index in [2.05, 4.69) is 21.2 Å². The fraction of sp³-hybridized carbons (Fsp3) is 0.364. The zero-order valence-corrected chi connectivity index (χ0v) is 20.0. The molecule has 0 radical (unpaired) electrons. The SMILES string of the molecule is CC(C)NC(=O)C(C)N(Cc1ccc(Cl)cc1)C(=O)CSCc1ccc(Br)cc1. The zero-order valence-electron chi connectivity index (χ0n) is 16.8. The lowest BCUT2D eigenvalue weighted by Crippen LogP contribution is -2.49. The highest BCUT2D eigenvalue weighted by molar-refractivity contribution is 9.10. The molecule has 156 valence electrons. The monoisotopic (exact) mass is 496 g/mol. The van der Waals surface area contributed by atoms with Crippen molar-refractivity contribution in [1.29, 1.82) is 0 Å². The van der Waals surface area contributed by atoms with E-state index < -0.39 is 6.04 Å². The quantitative estimate of drug-likeness (QED) is 0.513. The first kappa shape index (κ1) is 23.8. The van der Waals surface area contributed by atoms with Gasteiger partial charge in [0.15, 0.2) is 0 Å². The summed E-state index contributed by atoms with van der Waals surface area (Å²) in [5.74, 6) is 0.831. The molecule has 1 atom stereocenters. The van der Waals surface area contributed by atoms with Crippen LogP contribution in [0.5, 0.6) is 0 Å². The van der Waals surface area contributed by atoms with Crippen LogP contribution < -0.4 is 5.32 Å². The van der Waals surface area contributed by atoms with Crippen LogP contribution in [-0.2, 0) is 21.9 Å². The molecule has 0 saturated carbocycles. The molecular formula is C22H26BrClN2O2S. The molecule has 2 rings (SSSR count). The summed E-state index contributed by atoms with van der Waals surface area (Å²) in [4.78, 5) is 27.2. The molecule has 2 amide bonds. The van der Waals surface area contributed by atoms with Crippen molar-refractivity contribution in [3.63, 3.8) is 0 Å². The number of nitrogens with zero attached hydrogens (tertiary/aromatic N) is 1. The Balaban J connectivity index is 2.05. The molecule has 1 unspecified atom stereocenters. The molecule has 0 spiro atoms. The molecule has 0 saturated heterocycles. The molecule has 7 heteroatoms. The van der Waals surface area contributed by atoms with Gasteiger partial charge in [-0.25, -0.2) is 0 Å². The Bertz CT molecular complexity index is 813. The minimum Gasteiger partial charge on any atom is -0.352 e. The van der Waals surface area contributed by atoms with E-state index in [1.165, 1.54) is 0 Å². The number of nitrogens with one attached hydrogen (secondary N) is 1. The number of benzene rings is 2. The van der Waals surface area contributed by atoms with E-state index in [0.29, 0.717) is 17.3 Å². The fourth-order valence-electron chi connectivity index (χ4n) is 2.69. The maximum atomic E-state index is 13.0. The summed E-state index contributed by atoms with van der Waals surface area (Å²) < 4.78 is 1.03. The van der Waals surface area contributed by atoms with Crippen molar-refractivity contribution >= 4 is 51.1 Å². The summed E-state index contributed by atoms with van der Waals surface area (Å²) >= 11 is 10.9. The predicted molar refractivity (Wildman–Crippen MR) is 125 cm³/mol. The van der Waals surface area contributed by atoms with Gasteiger partial charge < -0.3 is 10.2 Å². The summed E-state index contributed by atoms with van der Waals surface area (Å²) in [6, 6.07) is 14.8. The Labute approximate surface area is 190 Å². The highest BCUT2D eigenvalue weighted by Crippen LogP contribution is 2.18. The van der Waals surface area contributed by atoms with Gasteiger partial charge in [0.2, 0.25) is 11.8 Å². The minimum atomic E-state index is -0.561. The maximum Gasteiger partial charge on any atom is 0.242 e. The van der Waals surface area contributed by atoms with Crippen LogP contribution in [0.3, 0.4) is 0 Å². The van der Waals surface area contributed by atoms with Gasteiger partial charge in [0.05, 0.1) is 5.75 Å². The molecule has 0 fully saturated rings. The summed E-state index contributed by atoms with van der Waals surface area (Å²) in [5, 5.41) is 3.54. The first-order valence-corrected chi connectivity index (χ1v) is 11.8. The summed E-state index contributed by atoms with van der Waals surface area (Å²) in [6.07, 6.45) is 0. The van der Waals surface area contributed by atoms with Gasteiger partial charge in [0.25, 0.3) is 0 Å². The van der Waals surface area contributed by atoms with Crippen LogP contribution >= 0.6 is 39.3 Å². The standard InChI is InChI=1S/C22H26BrClN2O2S/c1-15(2)25-22(28)16(3)26(12-17-6-10-20(24)11-7-17)21(27)14-29-13-18-4-8-19(23)9-5-18/h4-11,15-16H,12-14H2,1-3H3,(H,25,28). The highest BCUT2D eigenvalue weighted by Gasteiger charge is 2.26. The second-order valence-corrected chi connectivity index (χ2v) is 9.44. The Kier molecular flexibility index (Phi) is 9.53. The van der Waals surface area contributed by atoms with Crippen LogP contribution in [0.1, 0.15) is 31.9 Å². The van der Waals surface area contributed by atoms with Crippen molar-refractivity contribution in [3.8, 4) is 0 Å². The Morgan fingerprint density at radius 1 is 1.03 bits per heavy atom. The molecule has 0 heterocycles. The van der Waals surface area contributed by atoms with E-state index in [1.807, 2.05) is 50.2 Å². The highest BCUT2D eigenvalue weighted by atomic mass is 79.9. The largest absolute Gasteiger partial charge is 0.352 e. The van der Waals surface area contributed by atoms with Crippen LogP contribution in [0, 0.1) is 0 Å². The van der Waals surface area contributed by atoms with Crippen molar-refractivity contribution in [2.24, 2.45) is 0 Å². The molecule has 1 N–H and O–H groups in total. The molecule has 0 aromatic heterocycles. The van der Waals surface area contributed by atoms with Crippen LogP contribution in [0.15, 0.2) is 53.0 Å². The second kappa shape index (κ2) is 11.6. The van der Waals surface area contributed by atoms with Crippen LogP contribution in [0.25, 0.3) is 0 Å². The van der Waals surface area contributed by atoms with E-state index in [9.17, 15) is 9.59 Å². The Hall–Kier alpha value is -1.50. The molecule has 29 heavy (non-hydrogen) atoms. The number of amides is 2. The van der Waals surface area contributed by atoms with Crippen molar-refractivity contribution in [3.05, 3.63) is 69.2 Å². The van der Waals surface area contributed by atoms with Gasteiger partial charge in [-0.15, -0.1) is 11.8 Å². The summed E-state index contributed by atoms with van der Waals surface area (Å²) in [6.45, 7) is 5.94. The van der Waals surface area contributed by atoms with Gasteiger partial charge in [0, 0.05) is 27.8 Å². The topological polar surface area (TPSA) is 49.4 Å². The number of thioether (sulfide) groups is 1. The van der Waals surface area contributed by atoms with Crippen LogP contribution in [-0.4, -0.2) is 34.6 Å². The fourth-order valence-corrected chi connectivity index (χ4v) is 3.95. The van der Waals surface area contributed by atoms with Crippen molar-refractivity contribution in [1.82, 2.24) is 10.2 Å². The normalized spacial score (nSPS) is 11.9. The van der Waals surface area contributed by atoms with Crippen LogP contribution in [0.2, 0.25) is 5.02 Å². The number of rotatable bonds is 9. The van der Waals surface area contributed by atoms with E-state index in [-0.39, 0.29) is 17.9 Å². The molecule has 0 aliphatic carbocycles. The van der Waals surface area contributed by atoms with E-state index in [1.54, 1.807) is 35.7 Å². The van der Waals surface area contributed by atoms with Gasteiger partial charge in [0.1, 0.15) is 6.04 Å². The van der Waals surface area contributed by atoms with Crippen molar-refractivity contribution in [2.45, 2.75) is 45.2 Å². The van der Waals surface area contributed by atoms with E-state index in [0.717, 1.165) is 21.4 Å². The lowest BCUT2D eigenvalue weighted by molar-refractivity contribution is -0.138. The second-order valence-electron chi connectivity index (χ2n) is 7.11. The van der Waals surface area contributed by atoms with Crippen molar-refractivity contribution in [2.75, 3.05) is 5.75 Å². The first-order valence-electron chi connectivity index (χ1n) is 9.42. The average molecular weight is 498 g/mol. The van der Waals surface area contributed by atoms with E-state index >= 15 is 0 Å². The third kappa shape index (κ3) is 8.03. The van der Waals surface area contributed by atoms with Gasteiger partial charge in [-0.3, -0.25) is 9.59 Å². The van der Waals surface area contributed by atoms with E-state index in [4.69, 9.17) is 11.6 Å². The van der Waals surface area contributed by atoms with Gasteiger partial charge in [-0.05, 0) is 56.2 Å². The maximum absolute atomic E-state index is 13.0. The number of carbonyl (C=O) groups is 2. The zero-order chi connectivity index (χ0) is 21.4. The number of hydrogen-bond acceptors (Lipinski definition) is 3. The third-order valence-corrected chi connectivity index (χ3v) is 6.04. The lowest BCUT2D eigenvalue weighted by Gasteiger charge is -2.29. The predicted octanol–water partition coefficient (Wildman–Crippen LogP) is 5.28. The molecule has 4 nitrogen and oxygen atoms in total. The molecule has 2 aromatic carbocycles. The number of halogens is 2. The van der Waals surface area contributed by atoms with Gasteiger partial charge >= 0.3 is 0 Å². The molecule has 2 aromatic rings. The molecule has 0 bridgehead atoms. The molecule has 0 aliphatic rings. The van der Waals surface area contributed by atoms with Crippen LogP contribution in [0.4, 0.5) is 0 Å². The average Bonchev–Trinajstić information content (AvgIpc) is 2.68.